The van der Waals surface area contributed by atoms with Crippen LogP contribution in [-0.4, -0.2) is 25.1 Å². The molecular formula is C16H12N6O2S. The van der Waals surface area contributed by atoms with Gasteiger partial charge in [0.1, 0.15) is 5.69 Å². The Morgan fingerprint density at radius 3 is 2.64 bits per heavy atom. The van der Waals surface area contributed by atoms with Crippen LogP contribution >= 0.6 is 11.3 Å². The van der Waals surface area contributed by atoms with Gasteiger partial charge in [-0.25, -0.2) is 14.6 Å². The van der Waals surface area contributed by atoms with Gasteiger partial charge in [0.25, 0.3) is 11.5 Å². The van der Waals surface area contributed by atoms with Crippen LogP contribution in [0.1, 0.15) is 10.5 Å². The second kappa shape index (κ2) is 5.87. The predicted octanol–water partition coefficient (Wildman–Crippen LogP) is 1.78. The van der Waals surface area contributed by atoms with Gasteiger partial charge in [0.2, 0.25) is 0 Å². The van der Waals surface area contributed by atoms with E-state index in [1.54, 1.807) is 41.9 Å². The zero-order valence-electron chi connectivity index (χ0n) is 12.8. The van der Waals surface area contributed by atoms with Crippen molar-refractivity contribution in [1.82, 2.24) is 19.2 Å². The van der Waals surface area contributed by atoms with E-state index in [0.29, 0.717) is 22.2 Å². The monoisotopic (exact) mass is 352 g/mol. The summed E-state index contributed by atoms with van der Waals surface area (Å²) >= 11 is 1.31. The van der Waals surface area contributed by atoms with Gasteiger partial charge in [0, 0.05) is 35.6 Å². The van der Waals surface area contributed by atoms with Crippen molar-refractivity contribution in [2.45, 2.75) is 0 Å². The number of anilines is 2. The van der Waals surface area contributed by atoms with E-state index in [0.717, 1.165) is 0 Å². The third-order valence-electron chi connectivity index (χ3n) is 3.57. The highest BCUT2D eigenvalue weighted by atomic mass is 32.1. The van der Waals surface area contributed by atoms with Gasteiger partial charge in [-0.1, -0.05) is 0 Å². The summed E-state index contributed by atoms with van der Waals surface area (Å²) < 4.78 is 2.84. The second-order valence-electron chi connectivity index (χ2n) is 5.18. The summed E-state index contributed by atoms with van der Waals surface area (Å²) in [7, 11) is 0. The summed E-state index contributed by atoms with van der Waals surface area (Å²) in [5.41, 5.74) is 7.26. The summed E-state index contributed by atoms with van der Waals surface area (Å²) in [4.78, 5) is 33.3. The van der Waals surface area contributed by atoms with E-state index in [4.69, 9.17) is 5.73 Å². The Balaban J connectivity index is 1.93. The van der Waals surface area contributed by atoms with Gasteiger partial charge in [-0.05, 0) is 24.3 Å². The number of nitrogens with one attached hydrogen (secondary N) is 1. The lowest BCUT2D eigenvalue weighted by Gasteiger charge is -2.10. The first kappa shape index (κ1) is 15.1. The summed E-state index contributed by atoms with van der Waals surface area (Å²) in [5, 5.41) is 4.95. The third kappa shape index (κ3) is 2.66. The highest BCUT2D eigenvalue weighted by Gasteiger charge is 2.19. The minimum absolute atomic E-state index is 0.260. The van der Waals surface area contributed by atoms with Crippen LogP contribution in [0.25, 0.3) is 11.3 Å². The van der Waals surface area contributed by atoms with Crippen molar-refractivity contribution >= 4 is 33.7 Å². The molecule has 8 nitrogen and oxygen atoms in total. The van der Waals surface area contributed by atoms with E-state index < -0.39 is 5.91 Å². The van der Waals surface area contributed by atoms with Crippen LogP contribution in [0, 0.1) is 0 Å². The molecular weight excluding hydrogens is 340 g/mol. The molecule has 1 amide bonds. The van der Waals surface area contributed by atoms with E-state index >= 15 is 0 Å². The minimum Gasteiger partial charge on any atom is -0.399 e. The van der Waals surface area contributed by atoms with Crippen LogP contribution in [0.15, 0.2) is 59.0 Å². The van der Waals surface area contributed by atoms with E-state index in [-0.39, 0.29) is 11.3 Å². The molecule has 0 saturated heterocycles. The first-order valence-electron chi connectivity index (χ1n) is 7.30. The molecule has 3 aromatic heterocycles. The SMILES string of the molecule is Nc1ccc(-n2c(C(=O)Nc3nccs3)cc3nccc(=O)n32)cc1. The van der Waals surface area contributed by atoms with Crippen molar-refractivity contribution in [3.63, 3.8) is 0 Å². The number of hydrogen-bond acceptors (Lipinski definition) is 6. The number of nitrogen functional groups attached to an aromatic ring is 1. The quantitative estimate of drug-likeness (QED) is 0.547. The molecule has 0 unspecified atom stereocenters. The molecule has 4 rings (SSSR count). The number of amides is 1. The third-order valence-corrected chi connectivity index (χ3v) is 4.26. The number of carbonyl (C=O) groups excluding carboxylic acids is 1. The van der Waals surface area contributed by atoms with Gasteiger partial charge in [0.05, 0.1) is 5.69 Å². The number of rotatable bonds is 3. The van der Waals surface area contributed by atoms with Crippen LogP contribution < -0.4 is 16.6 Å². The van der Waals surface area contributed by atoms with Gasteiger partial charge in [-0.15, -0.1) is 11.3 Å². The first-order valence-corrected chi connectivity index (χ1v) is 8.18. The number of thiazole rings is 1. The lowest BCUT2D eigenvalue weighted by molar-refractivity contribution is 0.101. The lowest BCUT2D eigenvalue weighted by Crippen LogP contribution is -2.23. The van der Waals surface area contributed by atoms with Crippen molar-refractivity contribution in [1.29, 1.82) is 0 Å². The molecule has 0 atom stereocenters. The maximum absolute atomic E-state index is 12.7. The summed E-state index contributed by atoms with van der Waals surface area (Å²) in [5.74, 6) is -0.392. The molecule has 25 heavy (non-hydrogen) atoms. The Labute approximate surface area is 145 Å². The fourth-order valence-corrected chi connectivity index (χ4v) is 3.01. The molecule has 0 spiro atoms. The molecule has 4 aromatic rings. The largest absolute Gasteiger partial charge is 0.399 e. The van der Waals surface area contributed by atoms with Crippen LogP contribution in [0.5, 0.6) is 0 Å². The lowest BCUT2D eigenvalue weighted by atomic mass is 10.3. The smallest absolute Gasteiger partial charge is 0.276 e. The Kier molecular flexibility index (Phi) is 3.55. The van der Waals surface area contributed by atoms with Gasteiger partial charge in [-0.3, -0.25) is 14.9 Å². The molecule has 124 valence electrons. The summed E-state index contributed by atoms with van der Waals surface area (Å²) in [6.45, 7) is 0. The van der Waals surface area contributed by atoms with Crippen LogP contribution in [-0.2, 0) is 0 Å². The first-order chi connectivity index (χ1) is 12.1. The van der Waals surface area contributed by atoms with Crippen LogP contribution in [0.2, 0.25) is 0 Å². The van der Waals surface area contributed by atoms with Crippen molar-refractivity contribution in [2.75, 3.05) is 11.1 Å². The molecule has 9 heteroatoms. The summed E-state index contributed by atoms with van der Waals surface area (Å²) in [6.07, 6.45) is 3.01. The molecule has 1 aromatic carbocycles. The standard InChI is InChI=1S/C16H12N6O2S/c17-10-1-3-11(4-2-10)21-12(15(24)20-16-19-7-8-25-16)9-13-18-6-5-14(23)22(13)21/h1-9H,17H2,(H,19,20,24). The second-order valence-corrected chi connectivity index (χ2v) is 6.07. The van der Waals surface area contributed by atoms with Crippen LogP contribution in [0.3, 0.4) is 0 Å². The fraction of sp³-hybridized carbons (Fsp3) is 0. The zero-order valence-corrected chi connectivity index (χ0v) is 13.6. The maximum atomic E-state index is 12.7. The highest BCUT2D eigenvalue weighted by Crippen LogP contribution is 2.18. The van der Waals surface area contributed by atoms with Crippen molar-refractivity contribution in [3.05, 3.63) is 70.2 Å². The average Bonchev–Trinajstić information content (AvgIpc) is 3.23. The average molecular weight is 352 g/mol. The molecule has 0 aliphatic rings. The minimum atomic E-state index is -0.392. The highest BCUT2D eigenvalue weighted by molar-refractivity contribution is 7.13. The topological polar surface area (TPSA) is 107 Å². The number of aromatic nitrogens is 4. The van der Waals surface area contributed by atoms with Crippen molar-refractivity contribution in [2.24, 2.45) is 0 Å². The van der Waals surface area contributed by atoms with E-state index in [1.165, 1.54) is 32.8 Å². The molecule has 0 radical (unpaired) electrons. The summed E-state index contributed by atoms with van der Waals surface area (Å²) in [6, 6.07) is 9.75. The number of fused-ring (bicyclic) bond motifs is 1. The Morgan fingerprint density at radius 2 is 1.92 bits per heavy atom. The van der Waals surface area contributed by atoms with Gasteiger partial charge >= 0.3 is 0 Å². The van der Waals surface area contributed by atoms with Gasteiger partial charge in [0.15, 0.2) is 10.8 Å². The van der Waals surface area contributed by atoms with Crippen molar-refractivity contribution in [3.8, 4) is 5.69 Å². The molecule has 0 fully saturated rings. The Bertz CT molecular complexity index is 1110. The number of benzene rings is 1. The molecule has 3 heterocycles. The number of hydrogen-bond donors (Lipinski definition) is 2. The van der Waals surface area contributed by atoms with Crippen LogP contribution in [0.4, 0.5) is 10.8 Å². The number of nitrogens with zero attached hydrogens (tertiary/aromatic N) is 4. The van der Waals surface area contributed by atoms with Gasteiger partial charge < -0.3 is 5.73 Å². The molecule has 0 aliphatic heterocycles. The molecule has 0 saturated carbocycles. The van der Waals surface area contributed by atoms with Gasteiger partial charge in [-0.2, -0.15) is 4.52 Å². The number of nitrogens with two attached hydrogens (primary N) is 1. The Morgan fingerprint density at radius 1 is 1.12 bits per heavy atom. The maximum Gasteiger partial charge on any atom is 0.276 e. The van der Waals surface area contributed by atoms with Crippen molar-refractivity contribution < 1.29 is 4.79 Å². The zero-order chi connectivity index (χ0) is 17.4. The van der Waals surface area contributed by atoms with E-state index in [9.17, 15) is 9.59 Å². The fourth-order valence-electron chi connectivity index (χ4n) is 2.48. The molecule has 3 N–H and O–H groups in total. The molecule has 0 bridgehead atoms. The van der Waals surface area contributed by atoms with E-state index in [1.807, 2.05) is 0 Å². The Hall–Kier alpha value is -3.46. The molecule has 0 aliphatic carbocycles. The number of carbonyl (C=O) groups is 1. The normalized spacial score (nSPS) is 10.9. The predicted molar refractivity (Wildman–Crippen MR) is 95.3 cm³/mol. The van der Waals surface area contributed by atoms with E-state index in [2.05, 4.69) is 15.3 Å².